The van der Waals surface area contributed by atoms with E-state index in [0.29, 0.717) is 6.04 Å². The van der Waals surface area contributed by atoms with Gasteiger partial charge in [0.15, 0.2) is 0 Å². The molecule has 0 heterocycles. The van der Waals surface area contributed by atoms with Crippen LogP contribution in [0, 0.1) is 5.92 Å². The lowest BCUT2D eigenvalue weighted by Crippen LogP contribution is -2.27. The minimum Gasteiger partial charge on any atom is -0.311 e. The van der Waals surface area contributed by atoms with E-state index >= 15 is 0 Å². The lowest BCUT2D eigenvalue weighted by Gasteiger charge is -2.19. The number of likely N-dealkylation sites (N-methyl/N-ethyl adjacent to an activating group) is 1. The monoisotopic (exact) mass is 183 g/mol. The minimum atomic E-state index is 0.527. The van der Waals surface area contributed by atoms with E-state index in [1.54, 1.807) is 5.57 Å². The first-order chi connectivity index (χ1) is 6.04. The van der Waals surface area contributed by atoms with Gasteiger partial charge in [0.2, 0.25) is 0 Å². The Morgan fingerprint density at radius 2 is 1.62 bits per heavy atom. The summed E-state index contributed by atoms with van der Waals surface area (Å²) in [6, 6.07) is 0.527. The van der Waals surface area contributed by atoms with Crippen molar-refractivity contribution in [3.63, 3.8) is 0 Å². The molecule has 0 aromatic heterocycles. The lowest BCUT2D eigenvalue weighted by atomic mass is 9.93. The van der Waals surface area contributed by atoms with Crippen molar-refractivity contribution in [2.45, 2.75) is 54.0 Å². The zero-order valence-electron chi connectivity index (χ0n) is 10.1. The van der Waals surface area contributed by atoms with Crippen LogP contribution >= 0.6 is 0 Å². The SMILES string of the molecule is CCNC(C)/C(C)=C(\C)C(C)CC. The normalized spacial score (nSPS) is 18.0. The third-order valence-corrected chi connectivity index (χ3v) is 3.13. The quantitative estimate of drug-likeness (QED) is 0.644. The molecule has 0 saturated carbocycles. The van der Waals surface area contributed by atoms with Gasteiger partial charge >= 0.3 is 0 Å². The van der Waals surface area contributed by atoms with Crippen molar-refractivity contribution in [3.05, 3.63) is 11.1 Å². The molecule has 0 aromatic rings. The molecule has 0 radical (unpaired) electrons. The number of rotatable bonds is 5. The maximum absolute atomic E-state index is 3.45. The Labute approximate surface area is 83.6 Å². The van der Waals surface area contributed by atoms with Crippen LogP contribution in [0.15, 0.2) is 11.1 Å². The molecular formula is C12H25N. The molecule has 13 heavy (non-hydrogen) atoms. The highest BCUT2D eigenvalue weighted by molar-refractivity contribution is 5.17. The average Bonchev–Trinajstić information content (AvgIpc) is 2.14. The predicted octanol–water partition coefficient (Wildman–Crippen LogP) is 3.37. The fourth-order valence-electron chi connectivity index (χ4n) is 1.50. The standard InChI is InChI=1S/C12H25N/c1-7-9(3)10(4)11(5)12(6)13-8-2/h9,12-13H,7-8H2,1-6H3/b11-10+. The smallest absolute Gasteiger partial charge is 0.0250 e. The first kappa shape index (κ1) is 12.7. The lowest BCUT2D eigenvalue weighted by molar-refractivity contribution is 0.593. The van der Waals surface area contributed by atoms with Crippen LogP contribution in [0.1, 0.15) is 48.0 Å². The summed E-state index contributed by atoms with van der Waals surface area (Å²) in [5.41, 5.74) is 3.06. The molecule has 2 unspecified atom stereocenters. The predicted molar refractivity (Wildman–Crippen MR) is 61.0 cm³/mol. The summed E-state index contributed by atoms with van der Waals surface area (Å²) in [5.74, 6) is 0.723. The van der Waals surface area contributed by atoms with Crippen LogP contribution in [-0.2, 0) is 0 Å². The Hall–Kier alpha value is -0.300. The van der Waals surface area contributed by atoms with Gasteiger partial charge in [-0.3, -0.25) is 0 Å². The molecule has 0 aliphatic rings. The van der Waals surface area contributed by atoms with E-state index in [2.05, 4.69) is 46.9 Å². The first-order valence-electron chi connectivity index (χ1n) is 5.45. The molecular weight excluding hydrogens is 158 g/mol. The maximum atomic E-state index is 3.45. The van der Waals surface area contributed by atoms with Crippen LogP contribution in [-0.4, -0.2) is 12.6 Å². The van der Waals surface area contributed by atoms with E-state index in [1.807, 2.05) is 0 Å². The molecule has 2 atom stereocenters. The van der Waals surface area contributed by atoms with Crippen LogP contribution in [0.4, 0.5) is 0 Å². The number of nitrogens with one attached hydrogen (secondary N) is 1. The Kier molecular flexibility index (Phi) is 6.06. The molecule has 0 rings (SSSR count). The van der Waals surface area contributed by atoms with Crippen LogP contribution in [0.25, 0.3) is 0 Å². The van der Waals surface area contributed by atoms with Gasteiger partial charge in [0.25, 0.3) is 0 Å². The van der Waals surface area contributed by atoms with E-state index in [1.165, 1.54) is 12.0 Å². The van der Waals surface area contributed by atoms with E-state index in [4.69, 9.17) is 0 Å². The zero-order valence-corrected chi connectivity index (χ0v) is 10.1. The first-order valence-corrected chi connectivity index (χ1v) is 5.45. The van der Waals surface area contributed by atoms with Gasteiger partial charge in [0.05, 0.1) is 0 Å². The van der Waals surface area contributed by atoms with Gasteiger partial charge in [-0.25, -0.2) is 0 Å². The molecule has 0 saturated heterocycles. The third kappa shape index (κ3) is 3.95. The summed E-state index contributed by atoms with van der Waals surface area (Å²) in [6.07, 6.45) is 1.24. The Morgan fingerprint density at radius 1 is 1.08 bits per heavy atom. The van der Waals surface area contributed by atoms with Gasteiger partial charge in [-0.15, -0.1) is 0 Å². The average molecular weight is 183 g/mol. The molecule has 0 aliphatic heterocycles. The number of hydrogen-bond acceptors (Lipinski definition) is 1. The summed E-state index contributed by atoms with van der Waals surface area (Å²) in [7, 11) is 0. The fraction of sp³-hybridized carbons (Fsp3) is 0.833. The molecule has 0 aromatic carbocycles. The minimum absolute atomic E-state index is 0.527. The summed E-state index contributed by atoms with van der Waals surface area (Å²) >= 11 is 0. The van der Waals surface area contributed by atoms with Gasteiger partial charge in [-0.2, -0.15) is 0 Å². The van der Waals surface area contributed by atoms with Gasteiger partial charge in [0.1, 0.15) is 0 Å². The van der Waals surface area contributed by atoms with Crippen molar-refractivity contribution in [3.8, 4) is 0 Å². The topological polar surface area (TPSA) is 12.0 Å². The van der Waals surface area contributed by atoms with Gasteiger partial charge in [-0.1, -0.05) is 31.9 Å². The maximum Gasteiger partial charge on any atom is 0.0250 e. The zero-order chi connectivity index (χ0) is 10.4. The summed E-state index contributed by atoms with van der Waals surface area (Å²) in [4.78, 5) is 0. The molecule has 0 fully saturated rings. The van der Waals surface area contributed by atoms with Gasteiger partial charge in [-0.05, 0) is 39.7 Å². The van der Waals surface area contributed by atoms with Gasteiger partial charge in [0, 0.05) is 6.04 Å². The second-order valence-corrected chi connectivity index (χ2v) is 3.95. The van der Waals surface area contributed by atoms with E-state index < -0.39 is 0 Å². The molecule has 0 aliphatic carbocycles. The van der Waals surface area contributed by atoms with Crippen molar-refractivity contribution < 1.29 is 0 Å². The van der Waals surface area contributed by atoms with Crippen molar-refractivity contribution in [1.29, 1.82) is 0 Å². The van der Waals surface area contributed by atoms with E-state index in [0.717, 1.165) is 12.5 Å². The molecule has 0 bridgehead atoms. The number of hydrogen-bond donors (Lipinski definition) is 1. The van der Waals surface area contributed by atoms with Crippen molar-refractivity contribution >= 4 is 0 Å². The molecule has 1 heteroatoms. The molecule has 78 valence electrons. The highest BCUT2D eigenvalue weighted by Gasteiger charge is 2.09. The molecule has 1 N–H and O–H groups in total. The Bertz CT molecular complexity index is 170. The van der Waals surface area contributed by atoms with E-state index in [-0.39, 0.29) is 0 Å². The largest absolute Gasteiger partial charge is 0.311 e. The summed E-state index contributed by atoms with van der Waals surface area (Å²) in [6.45, 7) is 14.5. The van der Waals surface area contributed by atoms with Gasteiger partial charge < -0.3 is 5.32 Å². The van der Waals surface area contributed by atoms with Crippen LogP contribution in [0.5, 0.6) is 0 Å². The third-order valence-electron chi connectivity index (χ3n) is 3.13. The highest BCUT2D eigenvalue weighted by Crippen LogP contribution is 2.19. The summed E-state index contributed by atoms with van der Waals surface area (Å²) in [5, 5.41) is 3.45. The Balaban J connectivity index is 4.40. The molecule has 0 spiro atoms. The van der Waals surface area contributed by atoms with Crippen LogP contribution in [0.2, 0.25) is 0 Å². The summed E-state index contributed by atoms with van der Waals surface area (Å²) < 4.78 is 0. The van der Waals surface area contributed by atoms with Crippen molar-refractivity contribution in [2.24, 2.45) is 5.92 Å². The van der Waals surface area contributed by atoms with Crippen molar-refractivity contribution in [2.75, 3.05) is 6.54 Å². The second-order valence-electron chi connectivity index (χ2n) is 3.95. The number of allylic oxidation sites excluding steroid dienone is 1. The highest BCUT2D eigenvalue weighted by atomic mass is 14.9. The van der Waals surface area contributed by atoms with Crippen LogP contribution < -0.4 is 5.32 Å². The molecule has 1 nitrogen and oxygen atoms in total. The Morgan fingerprint density at radius 3 is 2.00 bits per heavy atom. The van der Waals surface area contributed by atoms with Crippen molar-refractivity contribution in [1.82, 2.24) is 5.32 Å². The van der Waals surface area contributed by atoms with E-state index in [9.17, 15) is 0 Å². The fourth-order valence-corrected chi connectivity index (χ4v) is 1.50. The second kappa shape index (κ2) is 6.20. The molecule has 0 amide bonds. The van der Waals surface area contributed by atoms with Crippen LogP contribution in [0.3, 0.4) is 0 Å².